The van der Waals surface area contributed by atoms with Gasteiger partial charge in [0.1, 0.15) is 6.04 Å². The summed E-state index contributed by atoms with van der Waals surface area (Å²) in [6.45, 7) is 14.5. The first kappa shape index (κ1) is 29.4. The highest BCUT2D eigenvalue weighted by Gasteiger charge is 2.76. The van der Waals surface area contributed by atoms with E-state index in [1.807, 2.05) is 38.1 Å². The number of carbonyl (C=O) groups excluding carboxylic acids is 3. The number of fused-ring (bicyclic) bond motifs is 1. The van der Waals surface area contributed by atoms with Crippen LogP contribution in [0.15, 0.2) is 43.5 Å². The molecule has 3 aliphatic rings. The van der Waals surface area contributed by atoms with E-state index < -0.39 is 22.6 Å². The van der Waals surface area contributed by atoms with Crippen molar-refractivity contribution < 1.29 is 24.2 Å². The number of rotatable bonds is 13. The number of carbonyl (C=O) groups is 3. The van der Waals surface area contributed by atoms with Gasteiger partial charge in [-0.2, -0.15) is 0 Å². The fourth-order valence-electron chi connectivity index (χ4n) is 7.01. The molecule has 3 heterocycles. The van der Waals surface area contributed by atoms with E-state index in [2.05, 4.69) is 20.1 Å². The summed E-state index contributed by atoms with van der Waals surface area (Å²) in [7, 11) is 0. The molecule has 1 spiro atoms. The molecular weight excluding hydrogens is 512 g/mol. The summed E-state index contributed by atoms with van der Waals surface area (Å²) in [6, 6.07) is 5.19. The van der Waals surface area contributed by atoms with Gasteiger partial charge >= 0.3 is 5.97 Å². The molecular formula is C31H42N2O5S. The van der Waals surface area contributed by atoms with Crippen molar-refractivity contribution in [3.05, 3.63) is 54.6 Å². The standard InChI is InChI=1S/C31H42N2O5S/c1-6-8-9-10-18-38-30(37)24-23-19-22(5)31(39-23)25(24)28(35)33(16-12-17-34)27(31)29(36)32(15-7-2)26-20(3)13-11-14-21(26)4/h6-7,11,13-14,22-25,27,34H,1-2,8-10,12,15-19H2,3-5H3/t22?,23-,24+,25-,27?,31?/m0/s1. The molecule has 7 nitrogen and oxygen atoms in total. The van der Waals surface area contributed by atoms with Crippen molar-refractivity contribution >= 4 is 35.2 Å². The minimum absolute atomic E-state index is 0.0574. The van der Waals surface area contributed by atoms with Gasteiger partial charge in [0, 0.05) is 30.6 Å². The maximum atomic E-state index is 14.7. The quantitative estimate of drug-likeness (QED) is 0.220. The van der Waals surface area contributed by atoms with Gasteiger partial charge in [-0.25, -0.2) is 0 Å². The number of aliphatic hydroxyl groups excluding tert-OH is 1. The van der Waals surface area contributed by atoms with Crippen LogP contribution < -0.4 is 4.90 Å². The maximum Gasteiger partial charge on any atom is 0.310 e. The van der Waals surface area contributed by atoms with E-state index in [0.717, 1.165) is 42.5 Å². The molecule has 1 aromatic carbocycles. The van der Waals surface area contributed by atoms with Crippen LogP contribution in [-0.2, 0) is 19.1 Å². The van der Waals surface area contributed by atoms with Crippen LogP contribution in [0, 0.1) is 31.6 Å². The Labute approximate surface area is 236 Å². The smallest absolute Gasteiger partial charge is 0.310 e. The van der Waals surface area contributed by atoms with Crippen LogP contribution in [0.4, 0.5) is 5.69 Å². The molecule has 3 fully saturated rings. The van der Waals surface area contributed by atoms with E-state index in [-0.39, 0.29) is 42.1 Å². The van der Waals surface area contributed by atoms with Gasteiger partial charge in [0.25, 0.3) is 5.91 Å². The molecule has 6 atom stereocenters. The zero-order chi connectivity index (χ0) is 28.3. The summed E-state index contributed by atoms with van der Waals surface area (Å²) in [6.07, 6.45) is 7.19. The third kappa shape index (κ3) is 5.06. The number of para-hydroxylation sites is 1. The molecule has 3 saturated heterocycles. The van der Waals surface area contributed by atoms with Crippen molar-refractivity contribution in [2.24, 2.45) is 17.8 Å². The van der Waals surface area contributed by atoms with Crippen LogP contribution in [0.2, 0.25) is 0 Å². The number of nitrogens with zero attached hydrogens (tertiary/aromatic N) is 2. The summed E-state index contributed by atoms with van der Waals surface area (Å²) in [5, 5.41) is 9.58. The number of allylic oxidation sites excluding steroid dienone is 1. The highest BCUT2D eigenvalue weighted by Crippen LogP contribution is 2.68. The van der Waals surface area contributed by atoms with Crippen molar-refractivity contribution in [1.29, 1.82) is 0 Å². The number of thioether (sulfide) groups is 1. The highest BCUT2D eigenvalue weighted by molar-refractivity contribution is 8.02. The number of hydrogen-bond donors (Lipinski definition) is 1. The zero-order valence-electron chi connectivity index (χ0n) is 23.4. The number of esters is 1. The Bertz CT molecular complexity index is 1100. The number of aryl methyl sites for hydroxylation is 2. The second kappa shape index (κ2) is 12.3. The van der Waals surface area contributed by atoms with Gasteiger partial charge in [0.05, 0.1) is 23.2 Å². The molecule has 4 rings (SSSR count). The van der Waals surface area contributed by atoms with E-state index in [9.17, 15) is 19.5 Å². The van der Waals surface area contributed by atoms with Crippen molar-refractivity contribution in [3.63, 3.8) is 0 Å². The van der Waals surface area contributed by atoms with E-state index >= 15 is 0 Å². The highest BCUT2D eigenvalue weighted by atomic mass is 32.2. The molecule has 8 heteroatoms. The van der Waals surface area contributed by atoms with Gasteiger partial charge in [0.15, 0.2) is 0 Å². The first-order valence-electron chi connectivity index (χ1n) is 14.1. The number of likely N-dealkylation sites (tertiary alicyclic amines) is 1. The summed E-state index contributed by atoms with van der Waals surface area (Å²) < 4.78 is 4.98. The lowest BCUT2D eigenvalue weighted by atomic mass is 9.66. The predicted octanol–water partition coefficient (Wildman–Crippen LogP) is 4.44. The summed E-state index contributed by atoms with van der Waals surface area (Å²) in [5.41, 5.74) is 2.78. The van der Waals surface area contributed by atoms with Gasteiger partial charge in [-0.3, -0.25) is 14.4 Å². The largest absolute Gasteiger partial charge is 0.465 e. The van der Waals surface area contributed by atoms with Gasteiger partial charge in [-0.15, -0.1) is 24.9 Å². The molecule has 0 saturated carbocycles. The number of anilines is 1. The lowest BCUT2D eigenvalue weighted by Gasteiger charge is -2.41. The molecule has 1 N–H and O–H groups in total. The van der Waals surface area contributed by atoms with Crippen molar-refractivity contribution in [1.82, 2.24) is 4.90 Å². The van der Waals surface area contributed by atoms with Crippen LogP contribution in [0.3, 0.4) is 0 Å². The first-order chi connectivity index (χ1) is 18.7. The fraction of sp³-hybridized carbons (Fsp3) is 0.581. The number of amides is 2. The average molecular weight is 555 g/mol. The summed E-state index contributed by atoms with van der Waals surface area (Å²) in [4.78, 5) is 45.6. The monoisotopic (exact) mass is 554 g/mol. The molecule has 1 aromatic rings. The van der Waals surface area contributed by atoms with Crippen LogP contribution in [0.5, 0.6) is 0 Å². The number of unbranched alkanes of at least 4 members (excludes halogenated alkanes) is 2. The minimum atomic E-state index is -0.740. The van der Waals surface area contributed by atoms with E-state index in [1.165, 1.54) is 0 Å². The Hall–Kier alpha value is -2.58. The third-order valence-corrected chi connectivity index (χ3v) is 10.7. The Morgan fingerprint density at radius 1 is 1.21 bits per heavy atom. The molecule has 3 unspecified atom stereocenters. The molecule has 3 aliphatic heterocycles. The molecule has 0 radical (unpaired) electrons. The van der Waals surface area contributed by atoms with Gasteiger partial charge in [-0.05, 0) is 63.0 Å². The normalized spacial score (nSPS) is 28.9. The second-order valence-electron chi connectivity index (χ2n) is 11.1. The molecule has 0 aromatic heterocycles. The predicted molar refractivity (Wildman–Crippen MR) is 156 cm³/mol. The lowest BCUT2D eigenvalue weighted by molar-refractivity contribution is -0.154. The maximum absolute atomic E-state index is 14.7. The summed E-state index contributed by atoms with van der Waals surface area (Å²) >= 11 is 1.65. The number of hydrogen-bond acceptors (Lipinski definition) is 6. The first-order valence-corrected chi connectivity index (χ1v) is 15.0. The SMILES string of the molecule is C=CCCCCOC(=O)[C@@H]1[C@@H]2CC(C)C3(S2)C(C(=O)N(CC=C)c2c(C)cccc2C)N(CCCO)C(=O)[C@H]13. The van der Waals surface area contributed by atoms with Crippen LogP contribution >= 0.6 is 11.8 Å². The van der Waals surface area contributed by atoms with E-state index in [0.29, 0.717) is 19.6 Å². The van der Waals surface area contributed by atoms with Crippen LogP contribution in [0.25, 0.3) is 0 Å². The van der Waals surface area contributed by atoms with Crippen LogP contribution in [-0.4, -0.2) is 70.1 Å². The van der Waals surface area contributed by atoms with Gasteiger partial charge < -0.3 is 19.6 Å². The van der Waals surface area contributed by atoms with E-state index in [1.54, 1.807) is 27.6 Å². The van der Waals surface area contributed by atoms with Crippen molar-refractivity contribution in [3.8, 4) is 0 Å². The fourth-order valence-corrected chi connectivity index (χ4v) is 9.41. The molecule has 2 amide bonds. The minimum Gasteiger partial charge on any atom is -0.465 e. The Balaban J connectivity index is 1.72. The molecule has 2 bridgehead atoms. The van der Waals surface area contributed by atoms with Crippen LogP contribution in [0.1, 0.15) is 50.2 Å². The Morgan fingerprint density at radius 2 is 1.92 bits per heavy atom. The van der Waals surface area contributed by atoms with Gasteiger partial charge in [-0.1, -0.05) is 37.3 Å². The summed E-state index contributed by atoms with van der Waals surface area (Å²) in [5.74, 6) is -1.77. The lowest BCUT2D eigenvalue weighted by Crippen LogP contribution is -2.57. The topological polar surface area (TPSA) is 87.2 Å². The zero-order valence-corrected chi connectivity index (χ0v) is 24.3. The molecule has 39 heavy (non-hydrogen) atoms. The average Bonchev–Trinajstić information content (AvgIpc) is 3.49. The second-order valence-corrected chi connectivity index (χ2v) is 12.6. The molecule has 212 valence electrons. The molecule has 0 aliphatic carbocycles. The van der Waals surface area contributed by atoms with Gasteiger partial charge in [0.2, 0.25) is 5.91 Å². The Kier molecular flexibility index (Phi) is 9.27. The van der Waals surface area contributed by atoms with Crippen molar-refractivity contribution in [2.75, 3.05) is 31.2 Å². The third-order valence-electron chi connectivity index (χ3n) is 8.64. The van der Waals surface area contributed by atoms with E-state index in [4.69, 9.17) is 4.74 Å². The van der Waals surface area contributed by atoms with Crippen molar-refractivity contribution in [2.45, 2.75) is 68.9 Å². The number of ether oxygens (including phenoxy) is 1. The Morgan fingerprint density at radius 3 is 2.56 bits per heavy atom. The number of aliphatic hydroxyl groups is 1. The number of benzene rings is 1.